The lowest BCUT2D eigenvalue weighted by Crippen LogP contribution is -2.60. The van der Waals surface area contributed by atoms with Crippen LogP contribution in [0.15, 0.2) is 66.7 Å². The summed E-state index contributed by atoms with van der Waals surface area (Å²) < 4.78 is 33.6. The maximum absolute atomic E-state index is 14.3. The molecule has 1 N–H and O–H groups in total. The lowest BCUT2D eigenvalue weighted by molar-refractivity contribution is -0.0843. The number of benzene rings is 3. The van der Waals surface area contributed by atoms with Gasteiger partial charge in [0.1, 0.15) is 18.2 Å². The number of rotatable bonds is 4. The molecule has 2 atom stereocenters. The van der Waals surface area contributed by atoms with E-state index >= 15 is 0 Å². The van der Waals surface area contributed by atoms with Crippen molar-refractivity contribution in [1.82, 2.24) is 4.90 Å². The van der Waals surface area contributed by atoms with Gasteiger partial charge < -0.3 is 14.7 Å². The van der Waals surface area contributed by atoms with E-state index in [1.165, 1.54) is 34.4 Å². The normalized spacial score (nSPS) is 24.8. The van der Waals surface area contributed by atoms with Gasteiger partial charge in [0.2, 0.25) is 0 Å². The molecule has 4 nitrogen and oxygen atoms in total. The van der Waals surface area contributed by atoms with E-state index in [1.807, 2.05) is 29.2 Å². The predicted octanol–water partition coefficient (Wildman–Crippen LogP) is 6.20. The van der Waals surface area contributed by atoms with Gasteiger partial charge in [0.25, 0.3) is 0 Å². The number of hydrogen-bond donors (Lipinski definition) is 1. The summed E-state index contributed by atoms with van der Waals surface area (Å²) in [5, 5.41) is 11.4. The van der Waals surface area contributed by atoms with Crippen molar-refractivity contribution in [2.45, 2.75) is 62.1 Å². The van der Waals surface area contributed by atoms with E-state index in [-0.39, 0.29) is 37.1 Å². The number of hydrogen-bond acceptors (Lipinski definition) is 3. The highest BCUT2D eigenvalue weighted by Gasteiger charge is 2.48. The number of ether oxygens (including phenoxy) is 1. The fourth-order valence-electron chi connectivity index (χ4n) is 6.66. The van der Waals surface area contributed by atoms with Crippen LogP contribution in [0.4, 0.5) is 13.6 Å². The highest BCUT2D eigenvalue weighted by atomic mass is 19.1. The molecule has 6 heteroatoms. The van der Waals surface area contributed by atoms with Crippen molar-refractivity contribution in [3.8, 4) is 11.1 Å². The monoisotopic (exact) mass is 489 g/mol. The minimum absolute atomic E-state index is 0.00985. The van der Waals surface area contributed by atoms with Crippen LogP contribution in [0.25, 0.3) is 11.1 Å². The van der Waals surface area contributed by atoms with Crippen molar-refractivity contribution in [1.29, 1.82) is 0 Å². The van der Waals surface area contributed by atoms with Crippen LogP contribution in [-0.4, -0.2) is 40.4 Å². The predicted molar refractivity (Wildman–Crippen MR) is 133 cm³/mol. The standard InChI is InChI=1S/C30H29F2NO3/c31-20-13-12-19(28(32)14-20)15-30(35)16-21-6-5-7-22(17-30)33(21)29(34)36-18-27-25-10-3-1-8-23(25)24-9-2-4-11-26(24)27/h1-4,8-14,21-22,27,35H,5-7,15-18H2. The number of carbonyl (C=O) groups is 1. The van der Waals surface area contributed by atoms with E-state index in [4.69, 9.17) is 4.74 Å². The Labute approximate surface area is 209 Å². The smallest absolute Gasteiger partial charge is 0.410 e. The quantitative estimate of drug-likeness (QED) is 0.474. The van der Waals surface area contributed by atoms with Crippen LogP contribution >= 0.6 is 0 Å². The highest BCUT2D eigenvalue weighted by molar-refractivity contribution is 5.79. The third-order valence-corrected chi connectivity index (χ3v) is 8.17. The summed E-state index contributed by atoms with van der Waals surface area (Å²) in [5.74, 6) is -1.29. The summed E-state index contributed by atoms with van der Waals surface area (Å²) in [6.45, 7) is 0.258. The van der Waals surface area contributed by atoms with Gasteiger partial charge >= 0.3 is 6.09 Å². The molecule has 2 saturated heterocycles. The van der Waals surface area contributed by atoms with E-state index in [9.17, 15) is 18.7 Å². The van der Waals surface area contributed by atoms with Crippen LogP contribution in [-0.2, 0) is 11.2 Å². The molecule has 0 saturated carbocycles. The minimum Gasteiger partial charge on any atom is -0.448 e. The summed E-state index contributed by atoms with van der Waals surface area (Å²) in [6, 6.07) is 19.6. The molecular weight excluding hydrogens is 460 g/mol. The van der Waals surface area contributed by atoms with Crippen LogP contribution in [0.5, 0.6) is 0 Å². The van der Waals surface area contributed by atoms with Crippen molar-refractivity contribution in [2.24, 2.45) is 0 Å². The van der Waals surface area contributed by atoms with Gasteiger partial charge in [0.05, 0.1) is 5.60 Å². The minimum atomic E-state index is -1.14. The number of fused-ring (bicyclic) bond motifs is 5. The van der Waals surface area contributed by atoms with Crippen LogP contribution in [0, 0.1) is 11.6 Å². The number of piperidine rings is 2. The first kappa shape index (κ1) is 23.2. The average molecular weight is 490 g/mol. The van der Waals surface area contributed by atoms with Crippen LogP contribution < -0.4 is 0 Å². The van der Waals surface area contributed by atoms with Gasteiger partial charge in [-0.3, -0.25) is 0 Å². The zero-order valence-electron chi connectivity index (χ0n) is 20.0. The van der Waals surface area contributed by atoms with E-state index in [0.717, 1.165) is 25.3 Å². The van der Waals surface area contributed by atoms with Crippen molar-refractivity contribution >= 4 is 6.09 Å². The molecule has 0 spiro atoms. The Hall–Kier alpha value is -3.25. The fraction of sp³-hybridized carbons (Fsp3) is 0.367. The Kier molecular flexibility index (Phi) is 5.79. The molecule has 186 valence electrons. The summed E-state index contributed by atoms with van der Waals surface area (Å²) in [5.41, 5.74) is 3.85. The molecule has 0 radical (unpaired) electrons. The van der Waals surface area contributed by atoms with Gasteiger partial charge in [-0.25, -0.2) is 13.6 Å². The molecule has 0 aromatic heterocycles. The molecule has 36 heavy (non-hydrogen) atoms. The van der Waals surface area contributed by atoms with Crippen LogP contribution in [0.1, 0.15) is 54.7 Å². The maximum atomic E-state index is 14.3. The second kappa shape index (κ2) is 9.00. The molecule has 2 unspecified atom stereocenters. The number of aliphatic hydroxyl groups is 1. The van der Waals surface area contributed by atoms with E-state index in [1.54, 1.807) is 0 Å². The Morgan fingerprint density at radius 2 is 1.56 bits per heavy atom. The largest absolute Gasteiger partial charge is 0.448 e. The lowest BCUT2D eigenvalue weighted by atomic mass is 9.73. The van der Waals surface area contributed by atoms with E-state index in [2.05, 4.69) is 24.3 Å². The number of amides is 1. The number of carbonyl (C=O) groups excluding carboxylic acids is 1. The Bertz CT molecular complexity index is 1250. The zero-order valence-corrected chi connectivity index (χ0v) is 20.0. The third kappa shape index (κ3) is 4.07. The fourth-order valence-corrected chi connectivity index (χ4v) is 6.66. The second-order valence-corrected chi connectivity index (χ2v) is 10.5. The number of nitrogens with zero attached hydrogens (tertiary/aromatic N) is 1. The molecule has 2 fully saturated rings. The molecule has 3 aromatic carbocycles. The van der Waals surface area contributed by atoms with Gasteiger partial charge in [-0.1, -0.05) is 54.6 Å². The maximum Gasteiger partial charge on any atom is 0.410 e. The van der Waals surface area contributed by atoms with Gasteiger partial charge in [-0.2, -0.15) is 0 Å². The summed E-state index contributed by atoms with van der Waals surface area (Å²) >= 11 is 0. The SMILES string of the molecule is O=C(OCC1c2ccccc2-c2ccccc21)N1C2CCCC1CC(O)(Cc1ccc(F)cc1F)C2. The number of halogens is 2. The molecule has 2 bridgehead atoms. The lowest BCUT2D eigenvalue weighted by Gasteiger charge is -2.51. The first-order valence-electron chi connectivity index (χ1n) is 12.7. The molecule has 2 heterocycles. The van der Waals surface area contributed by atoms with Gasteiger partial charge in [-0.05, 0) is 66.0 Å². The Balaban J connectivity index is 1.17. The third-order valence-electron chi connectivity index (χ3n) is 8.17. The van der Waals surface area contributed by atoms with Crippen LogP contribution in [0.3, 0.4) is 0 Å². The van der Waals surface area contributed by atoms with Crippen molar-refractivity contribution in [2.75, 3.05) is 6.61 Å². The van der Waals surface area contributed by atoms with Crippen LogP contribution in [0.2, 0.25) is 0 Å². The zero-order chi connectivity index (χ0) is 24.9. The molecule has 2 aliphatic heterocycles. The van der Waals surface area contributed by atoms with Gasteiger partial charge in [-0.15, -0.1) is 0 Å². The topological polar surface area (TPSA) is 49.8 Å². The van der Waals surface area contributed by atoms with E-state index < -0.39 is 17.2 Å². The summed E-state index contributed by atoms with van der Waals surface area (Å²) in [4.78, 5) is 15.2. The summed E-state index contributed by atoms with van der Waals surface area (Å²) in [7, 11) is 0. The summed E-state index contributed by atoms with van der Waals surface area (Å²) in [6.07, 6.45) is 2.98. The van der Waals surface area contributed by atoms with Crippen molar-refractivity contribution < 1.29 is 23.4 Å². The van der Waals surface area contributed by atoms with Crippen molar-refractivity contribution in [3.05, 3.63) is 95.1 Å². The molecule has 6 rings (SSSR count). The first-order valence-corrected chi connectivity index (χ1v) is 12.7. The Morgan fingerprint density at radius 3 is 2.17 bits per heavy atom. The van der Waals surface area contributed by atoms with E-state index in [0.29, 0.717) is 18.4 Å². The molecular formula is C30H29F2NO3. The molecule has 1 aliphatic carbocycles. The Morgan fingerprint density at radius 1 is 0.944 bits per heavy atom. The second-order valence-electron chi connectivity index (χ2n) is 10.5. The first-order chi connectivity index (χ1) is 17.4. The molecule has 3 aliphatic rings. The molecule has 3 aromatic rings. The highest BCUT2D eigenvalue weighted by Crippen LogP contribution is 2.45. The van der Waals surface area contributed by atoms with Crippen molar-refractivity contribution in [3.63, 3.8) is 0 Å². The van der Waals surface area contributed by atoms with Gasteiger partial charge in [0.15, 0.2) is 0 Å². The average Bonchev–Trinajstić information content (AvgIpc) is 3.17. The molecule has 1 amide bonds. The van der Waals surface area contributed by atoms with Gasteiger partial charge in [0, 0.05) is 30.5 Å².